The molecule has 0 aliphatic carbocycles. The molecule has 0 bridgehead atoms. The zero-order chi connectivity index (χ0) is 11.4. The fourth-order valence-corrected chi connectivity index (χ4v) is 1.11. The van der Waals surface area contributed by atoms with E-state index in [1.165, 1.54) is 12.1 Å². The van der Waals surface area contributed by atoms with Gasteiger partial charge in [-0.1, -0.05) is 18.2 Å². The molecule has 5 heteroatoms. The number of amides is 1. The molecular weight excluding hydrogens is 198 g/mol. The van der Waals surface area contributed by atoms with Gasteiger partial charge in [0.1, 0.15) is 5.75 Å². The number of phenols is 1. The maximum absolute atomic E-state index is 11.0. The summed E-state index contributed by atoms with van der Waals surface area (Å²) in [6, 6.07) is 5.87. The summed E-state index contributed by atoms with van der Waals surface area (Å²) in [7, 11) is 0. The van der Waals surface area contributed by atoms with E-state index in [1.54, 1.807) is 12.1 Å². The van der Waals surface area contributed by atoms with E-state index >= 15 is 0 Å². The summed E-state index contributed by atoms with van der Waals surface area (Å²) in [6.07, 6.45) is 0.664. The summed E-state index contributed by atoms with van der Waals surface area (Å²) in [4.78, 5) is 21.4. The van der Waals surface area contributed by atoms with Gasteiger partial charge in [-0.2, -0.15) is 0 Å². The number of carbonyl (C=O) groups is 2. The van der Waals surface area contributed by atoms with Gasteiger partial charge in [-0.05, 0) is 6.07 Å². The maximum atomic E-state index is 11.0. The van der Waals surface area contributed by atoms with Crippen molar-refractivity contribution in [3.8, 4) is 5.75 Å². The maximum Gasteiger partial charge on any atom is 0.329 e. The number of nitrogens with two attached hydrogens (primary N) is 1. The van der Waals surface area contributed by atoms with Gasteiger partial charge in [0.15, 0.2) is 0 Å². The highest BCUT2D eigenvalue weighted by Crippen LogP contribution is 2.24. The summed E-state index contributed by atoms with van der Waals surface area (Å²) in [6.45, 7) is 0. The first kappa shape index (κ1) is 10.8. The number of carboxylic acid groups (broad SMARTS) is 1. The molecule has 0 saturated carbocycles. The van der Waals surface area contributed by atoms with Crippen LogP contribution in [0.5, 0.6) is 5.75 Å². The topological polar surface area (TPSA) is 101 Å². The fourth-order valence-electron chi connectivity index (χ4n) is 1.11. The van der Waals surface area contributed by atoms with Crippen molar-refractivity contribution < 1.29 is 19.8 Å². The van der Waals surface area contributed by atoms with Gasteiger partial charge in [-0.3, -0.25) is 4.79 Å². The number of carbonyl (C=O) groups excluding carboxylic acids is 1. The van der Waals surface area contributed by atoms with Crippen LogP contribution in [-0.4, -0.2) is 22.1 Å². The fraction of sp³-hybridized carbons (Fsp3) is 0. The van der Waals surface area contributed by atoms with Gasteiger partial charge in [-0.15, -0.1) is 0 Å². The zero-order valence-electron chi connectivity index (χ0n) is 7.68. The number of para-hydroxylation sites is 1. The Morgan fingerprint density at radius 2 is 1.87 bits per heavy atom. The van der Waals surface area contributed by atoms with E-state index in [9.17, 15) is 14.7 Å². The third-order valence-corrected chi connectivity index (χ3v) is 1.73. The summed E-state index contributed by atoms with van der Waals surface area (Å²) in [5.74, 6) is -2.39. The van der Waals surface area contributed by atoms with Crippen molar-refractivity contribution in [1.29, 1.82) is 0 Å². The van der Waals surface area contributed by atoms with Crippen LogP contribution in [0.25, 0.3) is 5.57 Å². The molecule has 0 radical (unpaired) electrons. The van der Waals surface area contributed by atoms with E-state index in [4.69, 9.17) is 10.8 Å². The van der Waals surface area contributed by atoms with Crippen molar-refractivity contribution in [2.45, 2.75) is 0 Å². The van der Waals surface area contributed by atoms with Gasteiger partial charge in [-0.25, -0.2) is 4.79 Å². The normalized spacial score (nSPS) is 11.1. The molecule has 0 aromatic heterocycles. The molecular formula is C10H9NO4. The van der Waals surface area contributed by atoms with Crippen LogP contribution in [-0.2, 0) is 9.59 Å². The Morgan fingerprint density at radius 3 is 2.33 bits per heavy atom. The summed E-state index contributed by atoms with van der Waals surface area (Å²) in [5, 5.41) is 17.9. The minimum atomic E-state index is -1.30. The number of hydrogen-bond acceptors (Lipinski definition) is 3. The molecule has 0 aliphatic rings. The molecule has 15 heavy (non-hydrogen) atoms. The van der Waals surface area contributed by atoms with Crippen molar-refractivity contribution in [2.75, 3.05) is 0 Å². The molecule has 0 unspecified atom stereocenters. The lowest BCUT2D eigenvalue weighted by Crippen LogP contribution is -2.14. The molecule has 0 aliphatic heterocycles. The quantitative estimate of drug-likeness (QED) is 0.622. The molecule has 0 heterocycles. The first-order chi connectivity index (χ1) is 7.02. The van der Waals surface area contributed by atoms with Crippen LogP contribution in [0.2, 0.25) is 0 Å². The lowest BCUT2D eigenvalue weighted by Gasteiger charge is -2.04. The lowest BCUT2D eigenvalue weighted by atomic mass is 10.0. The number of aromatic hydroxyl groups is 1. The van der Waals surface area contributed by atoms with E-state index < -0.39 is 11.9 Å². The van der Waals surface area contributed by atoms with E-state index in [1.807, 2.05) is 0 Å². The molecule has 0 spiro atoms. The molecule has 0 fully saturated rings. The number of primary amides is 1. The molecule has 0 saturated heterocycles. The van der Waals surface area contributed by atoms with Crippen LogP contribution >= 0.6 is 0 Å². The highest BCUT2D eigenvalue weighted by atomic mass is 16.4. The largest absolute Gasteiger partial charge is 0.507 e. The van der Waals surface area contributed by atoms with Crippen molar-refractivity contribution in [3.63, 3.8) is 0 Å². The van der Waals surface area contributed by atoms with Gasteiger partial charge in [0.25, 0.3) is 0 Å². The number of benzene rings is 1. The first-order valence-electron chi connectivity index (χ1n) is 4.05. The standard InChI is InChI=1S/C10H9NO4/c11-10(15)7(5-9(13)14)6-3-1-2-4-8(6)12/h1-5,12H,(H2,11,15)(H,13,14)/b7-5-. The molecule has 1 aromatic carbocycles. The monoisotopic (exact) mass is 207 g/mol. The predicted molar refractivity (Wildman–Crippen MR) is 52.9 cm³/mol. The Kier molecular flexibility index (Phi) is 3.07. The minimum Gasteiger partial charge on any atom is -0.507 e. The van der Waals surface area contributed by atoms with Crippen LogP contribution in [0, 0.1) is 0 Å². The number of rotatable bonds is 3. The van der Waals surface area contributed by atoms with E-state index in [0.717, 1.165) is 0 Å². The summed E-state index contributed by atoms with van der Waals surface area (Å²) in [5.41, 5.74) is 4.87. The minimum absolute atomic E-state index is 0.104. The molecule has 78 valence electrons. The second-order valence-electron chi connectivity index (χ2n) is 2.78. The molecule has 1 aromatic rings. The molecule has 1 amide bonds. The molecule has 1 rings (SSSR count). The van der Waals surface area contributed by atoms with Gasteiger partial charge in [0.2, 0.25) is 5.91 Å². The molecule has 5 nitrogen and oxygen atoms in total. The van der Waals surface area contributed by atoms with Crippen molar-refractivity contribution in [2.24, 2.45) is 5.73 Å². The highest BCUT2D eigenvalue weighted by molar-refractivity contribution is 6.22. The molecule has 0 atom stereocenters. The van der Waals surface area contributed by atoms with Gasteiger partial charge in [0, 0.05) is 11.6 Å². The Labute approximate surface area is 85.5 Å². The van der Waals surface area contributed by atoms with Crippen LogP contribution in [0.1, 0.15) is 5.56 Å². The number of hydrogen-bond donors (Lipinski definition) is 3. The summed E-state index contributed by atoms with van der Waals surface area (Å²) >= 11 is 0. The van der Waals surface area contributed by atoms with Crippen molar-refractivity contribution in [3.05, 3.63) is 35.9 Å². The Morgan fingerprint density at radius 1 is 1.27 bits per heavy atom. The number of phenolic OH excluding ortho intramolecular Hbond substituents is 1. The predicted octanol–water partition coefficient (Wildman–Crippen LogP) is 0.345. The zero-order valence-corrected chi connectivity index (χ0v) is 7.68. The van der Waals surface area contributed by atoms with E-state index in [0.29, 0.717) is 6.08 Å². The van der Waals surface area contributed by atoms with Gasteiger partial charge < -0.3 is 15.9 Å². The van der Waals surface area contributed by atoms with E-state index in [-0.39, 0.29) is 16.9 Å². The van der Waals surface area contributed by atoms with E-state index in [2.05, 4.69) is 0 Å². The van der Waals surface area contributed by atoms with Crippen LogP contribution < -0.4 is 5.73 Å². The third kappa shape index (κ3) is 2.57. The third-order valence-electron chi connectivity index (χ3n) is 1.73. The second kappa shape index (κ2) is 4.28. The van der Waals surface area contributed by atoms with Crippen LogP contribution in [0.15, 0.2) is 30.3 Å². The smallest absolute Gasteiger partial charge is 0.329 e. The van der Waals surface area contributed by atoms with Crippen molar-refractivity contribution in [1.82, 2.24) is 0 Å². The number of aliphatic carboxylic acids is 1. The van der Waals surface area contributed by atoms with Crippen LogP contribution in [0.3, 0.4) is 0 Å². The van der Waals surface area contributed by atoms with Gasteiger partial charge >= 0.3 is 5.97 Å². The van der Waals surface area contributed by atoms with Gasteiger partial charge in [0.05, 0.1) is 5.57 Å². The summed E-state index contributed by atoms with van der Waals surface area (Å²) < 4.78 is 0. The average Bonchev–Trinajstić information content (AvgIpc) is 2.15. The first-order valence-corrected chi connectivity index (χ1v) is 4.05. The Bertz CT molecular complexity index is 437. The number of carboxylic acids is 1. The second-order valence-corrected chi connectivity index (χ2v) is 2.78. The lowest BCUT2D eigenvalue weighted by molar-refractivity contribution is -0.131. The average molecular weight is 207 g/mol. The van der Waals surface area contributed by atoms with Crippen molar-refractivity contribution >= 4 is 17.4 Å². The Hall–Kier alpha value is -2.30. The Balaban J connectivity index is 3.29. The highest BCUT2D eigenvalue weighted by Gasteiger charge is 2.13. The van der Waals surface area contributed by atoms with Crippen LogP contribution in [0.4, 0.5) is 0 Å². The molecule has 4 N–H and O–H groups in total. The SMILES string of the molecule is NC(=O)/C(=C\C(=O)O)c1ccccc1O.